The molecule has 0 heterocycles. The maximum atomic E-state index is 13.4. The lowest BCUT2D eigenvalue weighted by Crippen LogP contribution is -2.54. The van der Waals surface area contributed by atoms with Gasteiger partial charge in [-0.05, 0) is 67.8 Å². The molecular formula is C27H38O6. The summed E-state index contributed by atoms with van der Waals surface area (Å²) < 4.78 is 11.4. The van der Waals surface area contributed by atoms with Crippen molar-refractivity contribution in [2.75, 3.05) is 0 Å². The minimum Gasteiger partial charge on any atom is -0.459 e. The molecule has 6 heteroatoms. The van der Waals surface area contributed by atoms with E-state index in [-0.39, 0.29) is 28.8 Å². The molecule has 3 fully saturated rings. The number of esters is 2. The van der Waals surface area contributed by atoms with E-state index < -0.39 is 29.6 Å². The van der Waals surface area contributed by atoms with Crippen LogP contribution in [0.25, 0.3) is 0 Å². The fourth-order valence-corrected chi connectivity index (χ4v) is 8.05. The van der Waals surface area contributed by atoms with Crippen molar-refractivity contribution in [2.45, 2.75) is 98.2 Å². The SMILES string of the molecule is CCC(OC(C)=O)C(OC(C)=O)C1CC(=O)[C@@]2(C)CC[C@@H]3[C@@H](CCC4=CC(=O)CC[C@@]43C)[C@H]12. The lowest BCUT2D eigenvalue weighted by molar-refractivity contribution is -0.176. The maximum absolute atomic E-state index is 13.4. The maximum Gasteiger partial charge on any atom is 0.303 e. The Morgan fingerprint density at radius 3 is 2.36 bits per heavy atom. The number of ketones is 2. The average Bonchev–Trinajstić information content (AvgIpc) is 3.01. The van der Waals surface area contributed by atoms with Crippen LogP contribution in [0.1, 0.15) is 86.0 Å². The Balaban J connectivity index is 1.73. The summed E-state index contributed by atoms with van der Waals surface area (Å²) in [6.45, 7) is 9.08. The van der Waals surface area contributed by atoms with Gasteiger partial charge in [0.05, 0.1) is 0 Å². The molecule has 0 aromatic rings. The summed E-state index contributed by atoms with van der Waals surface area (Å²) in [5.74, 6) is 0.308. The number of hydrogen-bond donors (Lipinski definition) is 0. The molecule has 0 radical (unpaired) electrons. The number of carbonyl (C=O) groups is 4. The van der Waals surface area contributed by atoms with E-state index in [4.69, 9.17) is 9.47 Å². The summed E-state index contributed by atoms with van der Waals surface area (Å²) >= 11 is 0. The Morgan fingerprint density at radius 1 is 1.03 bits per heavy atom. The van der Waals surface area contributed by atoms with E-state index in [0.29, 0.717) is 31.1 Å². The monoisotopic (exact) mass is 458 g/mol. The molecule has 0 aromatic carbocycles. The standard InChI is InChI=1S/C27H38O6/c1-6-22(32-15(2)28)25(33-16(3)29)20-14-23(31)27(5)12-10-21-19(24(20)27)8-7-17-13-18(30)9-11-26(17,21)4/h13,19-22,24-25H,6-12,14H2,1-5H3/t19-,20?,21-,22?,24-,25?,26+,27-/m1/s1. The van der Waals surface area contributed by atoms with Gasteiger partial charge in [0.25, 0.3) is 0 Å². The van der Waals surface area contributed by atoms with Crippen LogP contribution in [0.4, 0.5) is 0 Å². The molecule has 0 N–H and O–H groups in total. The summed E-state index contributed by atoms with van der Waals surface area (Å²) in [6, 6.07) is 0. The predicted molar refractivity (Wildman–Crippen MR) is 122 cm³/mol. The lowest BCUT2D eigenvalue weighted by atomic mass is 9.46. The predicted octanol–water partition coefficient (Wildman–Crippen LogP) is 4.59. The van der Waals surface area contributed by atoms with E-state index in [1.165, 1.54) is 19.4 Å². The van der Waals surface area contributed by atoms with Gasteiger partial charge in [-0.15, -0.1) is 0 Å². The van der Waals surface area contributed by atoms with Crippen molar-refractivity contribution in [1.82, 2.24) is 0 Å². The van der Waals surface area contributed by atoms with Gasteiger partial charge in [-0.25, -0.2) is 0 Å². The third kappa shape index (κ3) is 3.97. The normalized spacial score (nSPS) is 39.5. The first kappa shape index (κ1) is 24.2. The zero-order valence-electron chi connectivity index (χ0n) is 20.6. The third-order valence-electron chi connectivity index (χ3n) is 9.54. The molecule has 3 unspecified atom stereocenters. The van der Waals surface area contributed by atoms with Crippen LogP contribution >= 0.6 is 0 Å². The number of Topliss-reactive ketones (excluding diaryl/α,β-unsaturated/α-hetero) is 1. The van der Waals surface area contributed by atoms with Crippen molar-refractivity contribution in [1.29, 1.82) is 0 Å². The van der Waals surface area contributed by atoms with Crippen molar-refractivity contribution in [2.24, 2.45) is 34.5 Å². The zero-order chi connectivity index (χ0) is 24.1. The molecule has 0 spiro atoms. The molecule has 4 rings (SSSR count). The molecular weight excluding hydrogens is 420 g/mol. The van der Waals surface area contributed by atoms with E-state index >= 15 is 0 Å². The highest BCUT2D eigenvalue weighted by molar-refractivity contribution is 5.91. The number of rotatable bonds is 5. The minimum absolute atomic E-state index is 0.00862. The van der Waals surface area contributed by atoms with Gasteiger partial charge in [0.1, 0.15) is 18.0 Å². The van der Waals surface area contributed by atoms with E-state index in [9.17, 15) is 19.2 Å². The number of fused-ring (bicyclic) bond motifs is 5. The molecule has 0 saturated heterocycles. The van der Waals surface area contributed by atoms with Gasteiger partial charge in [0, 0.05) is 38.0 Å². The molecule has 33 heavy (non-hydrogen) atoms. The topological polar surface area (TPSA) is 86.7 Å². The van der Waals surface area contributed by atoms with Gasteiger partial charge in [0.15, 0.2) is 5.78 Å². The Labute approximate surface area is 196 Å². The van der Waals surface area contributed by atoms with Crippen LogP contribution in [-0.2, 0) is 28.7 Å². The largest absolute Gasteiger partial charge is 0.459 e. The molecule has 0 aliphatic heterocycles. The molecule has 3 saturated carbocycles. The van der Waals surface area contributed by atoms with Crippen LogP contribution in [0.3, 0.4) is 0 Å². The van der Waals surface area contributed by atoms with Gasteiger partial charge < -0.3 is 9.47 Å². The Morgan fingerprint density at radius 2 is 1.73 bits per heavy atom. The van der Waals surface area contributed by atoms with Crippen LogP contribution in [-0.4, -0.2) is 35.7 Å². The molecule has 182 valence electrons. The van der Waals surface area contributed by atoms with E-state index in [1.807, 2.05) is 13.0 Å². The number of ether oxygens (including phenoxy) is 2. The number of allylic oxidation sites excluding steroid dienone is 1. The smallest absolute Gasteiger partial charge is 0.303 e. The third-order valence-corrected chi connectivity index (χ3v) is 9.54. The summed E-state index contributed by atoms with van der Waals surface area (Å²) in [7, 11) is 0. The second-order valence-corrected chi connectivity index (χ2v) is 11.3. The number of hydrogen-bond acceptors (Lipinski definition) is 6. The summed E-state index contributed by atoms with van der Waals surface area (Å²) in [5.41, 5.74) is 0.832. The average molecular weight is 459 g/mol. The van der Waals surface area contributed by atoms with Crippen molar-refractivity contribution in [3.63, 3.8) is 0 Å². The molecule has 0 bridgehead atoms. The lowest BCUT2D eigenvalue weighted by Gasteiger charge is -2.58. The van der Waals surface area contributed by atoms with Crippen LogP contribution in [0.15, 0.2) is 11.6 Å². The summed E-state index contributed by atoms with van der Waals surface area (Å²) in [4.78, 5) is 49.5. The second kappa shape index (κ2) is 8.66. The Kier molecular flexibility index (Phi) is 6.34. The first-order valence-electron chi connectivity index (χ1n) is 12.6. The van der Waals surface area contributed by atoms with E-state index in [2.05, 4.69) is 13.8 Å². The summed E-state index contributed by atoms with van der Waals surface area (Å²) in [6.07, 6.45) is 6.69. The molecule has 4 aliphatic rings. The minimum atomic E-state index is -0.622. The second-order valence-electron chi connectivity index (χ2n) is 11.3. The highest BCUT2D eigenvalue weighted by Gasteiger charge is 2.64. The van der Waals surface area contributed by atoms with Crippen LogP contribution < -0.4 is 0 Å². The highest BCUT2D eigenvalue weighted by atomic mass is 16.6. The van der Waals surface area contributed by atoms with E-state index in [0.717, 1.165) is 32.1 Å². The number of carbonyl (C=O) groups excluding carboxylic acids is 4. The van der Waals surface area contributed by atoms with Crippen molar-refractivity contribution >= 4 is 23.5 Å². The van der Waals surface area contributed by atoms with E-state index in [1.54, 1.807) is 0 Å². The first-order valence-corrected chi connectivity index (χ1v) is 12.6. The fourth-order valence-electron chi connectivity index (χ4n) is 8.05. The van der Waals surface area contributed by atoms with Crippen LogP contribution in [0.2, 0.25) is 0 Å². The molecule has 0 amide bonds. The van der Waals surface area contributed by atoms with Crippen LogP contribution in [0, 0.1) is 34.5 Å². The fraction of sp³-hybridized carbons (Fsp3) is 0.778. The first-order chi connectivity index (χ1) is 15.5. The quantitative estimate of drug-likeness (QED) is 0.560. The Hall–Kier alpha value is -1.98. The Bertz CT molecular complexity index is 889. The summed E-state index contributed by atoms with van der Waals surface area (Å²) in [5, 5.41) is 0. The van der Waals surface area contributed by atoms with Gasteiger partial charge in [-0.1, -0.05) is 26.3 Å². The van der Waals surface area contributed by atoms with Crippen molar-refractivity contribution in [3.8, 4) is 0 Å². The van der Waals surface area contributed by atoms with Crippen molar-refractivity contribution < 1.29 is 28.7 Å². The van der Waals surface area contributed by atoms with Gasteiger partial charge in [0.2, 0.25) is 0 Å². The molecule has 6 nitrogen and oxygen atoms in total. The zero-order valence-corrected chi connectivity index (χ0v) is 20.6. The van der Waals surface area contributed by atoms with Gasteiger partial charge in [-0.3, -0.25) is 19.2 Å². The van der Waals surface area contributed by atoms with Gasteiger partial charge >= 0.3 is 11.9 Å². The molecule has 4 aliphatic carbocycles. The molecule has 8 atom stereocenters. The highest BCUT2D eigenvalue weighted by Crippen LogP contribution is 2.66. The molecule has 0 aromatic heterocycles. The van der Waals surface area contributed by atoms with Crippen LogP contribution in [0.5, 0.6) is 0 Å². The van der Waals surface area contributed by atoms with Gasteiger partial charge in [-0.2, -0.15) is 0 Å². The van der Waals surface area contributed by atoms with Crippen molar-refractivity contribution in [3.05, 3.63) is 11.6 Å².